The minimum Gasteiger partial charge on any atom is -0.376 e. The number of rotatable bonds is 4. The van der Waals surface area contributed by atoms with Crippen LogP contribution in [0.2, 0.25) is 0 Å². The summed E-state index contributed by atoms with van der Waals surface area (Å²) in [7, 11) is 0. The summed E-state index contributed by atoms with van der Waals surface area (Å²) < 4.78 is 7.37. The molecular weight excluding hydrogens is 302 g/mol. The van der Waals surface area contributed by atoms with Crippen molar-refractivity contribution in [2.75, 3.05) is 13.2 Å². The van der Waals surface area contributed by atoms with Crippen molar-refractivity contribution in [3.8, 4) is 11.1 Å². The number of fused-ring (bicyclic) bond motifs is 1. The first-order chi connectivity index (χ1) is 11.8. The van der Waals surface area contributed by atoms with Crippen LogP contribution in [0, 0.1) is 0 Å². The lowest BCUT2D eigenvalue weighted by molar-refractivity contribution is 0.0858. The number of nitrogens with zero attached hydrogens (tertiary/aromatic N) is 2. The van der Waals surface area contributed by atoms with E-state index in [4.69, 9.17) is 4.74 Å². The Bertz CT molecular complexity index is 848. The number of aromatic nitrogens is 2. The van der Waals surface area contributed by atoms with Crippen LogP contribution in [0.4, 0.5) is 0 Å². The average molecular weight is 321 g/mol. The van der Waals surface area contributed by atoms with Crippen molar-refractivity contribution in [1.29, 1.82) is 0 Å². The number of ether oxygens (including phenoxy) is 1. The SMILES string of the molecule is O=C(NCC1CCCO1)c1ccc(-c2cnn3ccccc23)cc1. The van der Waals surface area contributed by atoms with Gasteiger partial charge in [0.15, 0.2) is 0 Å². The number of carbonyl (C=O) groups excluding carboxylic acids is 1. The molecule has 122 valence electrons. The molecule has 3 aromatic rings. The molecule has 1 N–H and O–H groups in total. The van der Waals surface area contributed by atoms with Crippen LogP contribution in [-0.4, -0.2) is 34.8 Å². The number of benzene rings is 1. The van der Waals surface area contributed by atoms with Crippen LogP contribution in [0.25, 0.3) is 16.6 Å². The fraction of sp³-hybridized carbons (Fsp3) is 0.263. The molecular formula is C19H19N3O2. The van der Waals surface area contributed by atoms with E-state index in [1.54, 1.807) is 0 Å². The van der Waals surface area contributed by atoms with Crippen LogP contribution in [-0.2, 0) is 4.74 Å². The summed E-state index contributed by atoms with van der Waals surface area (Å²) in [6.45, 7) is 1.38. The van der Waals surface area contributed by atoms with Gasteiger partial charge in [-0.3, -0.25) is 4.79 Å². The van der Waals surface area contributed by atoms with Crippen molar-refractivity contribution in [3.05, 3.63) is 60.4 Å². The second-order valence-corrected chi connectivity index (χ2v) is 6.01. The van der Waals surface area contributed by atoms with E-state index in [1.165, 1.54) is 0 Å². The van der Waals surface area contributed by atoms with Gasteiger partial charge in [-0.15, -0.1) is 0 Å². The highest BCUT2D eigenvalue weighted by atomic mass is 16.5. The predicted octanol–water partition coefficient (Wildman–Crippen LogP) is 2.91. The lowest BCUT2D eigenvalue weighted by Crippen LogP contribution is -2.31. The van der Waals surface area contributed by atoms with Gasteiger partial charge in [-0.05, 0) is 42.7 Å². The van der Waals surface area contributed by atoms with Crippen molar-refractivity contribution in [2.45, 2.75) is 18.9 Å². The van der Waals surface area contributed by atoms with Crippen molar-refractivity contribution < 1.29 is 9.53 Å². The predicted molar refractivity (Wildman–Crippen MR) is 91.9 cm³/mol. The Morgan fingerprint density at radius 1 is 1.25 bits per heavy atom. The van der Waals surface area contributed by atoms with Crippen LogP contribution in [0.15, 0.2) is 54.9 Å². The van der Waals surface area contributed by atoms with E-state index >= 15 is 0 Å². The lowest BCUT2D eigenvalue weighted by Gasteiger charge is -2.11. The number of hydrogen-bond donors (Lipinski definition) is 1. The molecule has 3 heterocycles. The zero-order chi connectivity index (χ0) is 16.4. The summed E-state index contributed by atoms with van der Waals surface area (Å²) in [4.78, 5) is 12.2. The Labute approximate surface area is 140 Å². The number of carbonyl (C=O) groups is 1. The molecule has 24 heavy (non-hydrogen) atoms. The minimum absolute atomic E-state index is 0.0584. The summed E-state index contributed by atoms with van der Waals surface area (Å²) in [6, 6.07) is 13.6. The van der Waals surface area contributed by atoms with Crippen LogP contribution < -0.4 is 5.32 Å². The molecule has 0 radical (unpaired) electrons. The number of hydrogen-bond acceptors (Lipinski definition) is 3. The van der Waals surface area contributed by atoms with Crippen LogP contribution in [0.3, 0.4) is 0 Å². The molecule has 1 saturated heterocycles. The fourth-order valence-electron chi connectivity index (χ4n) is 3.07. The van der Waals surface area contributed by atoms with E-state index in [9.17, 15) is 4.79 Å². The third-order valence-electron chi connectivity index (χ3n) is 4.40. The number of pyridine rings is 1. The van der Waals surface area contributed by atoms with Gasteiger partial charge in [0, 0.05) is 30.5 Å². The Hall–Kier alpha value is -2.66. The Morgan fingerprint density at radius 2 is 2.12 bits per heavy atom. The molecule has 2 aromatic heterocycles. The monoisotopic (exact) mass is 321 g/mol. The van der Waals surface area contributed by atoms with E-state index in [2.05, 4.69) is 10.4 Å². The molecule has 1 fully saturated rings. The van der Waals surface area contributed by atoms with Gasteiger partial charge in [0.2, 0.25) is 0 Å². The number of nitrogens with one attached hydrogen (secondary N) is 1. The van der Waals surface area contributed by atoms with Gasteiger partial charge >= 0.3 is 0 Å². The van der Waals surface area contributed by atoms with Crippen molar-refractivity contribution >= 4 is 11.4 Å². The highest BCUT2D eigenvalue weighted by molar-refractivity contribution is 5.95. The summed E-state index contributed by atoms with van der Waals surface area (Å²) in [5, 5.41) is 7.29. The molecule has 0 bridgehead atoms. The highest BCUT2D eigenvalue weighted by Crippen LogP contribution is 2.24. The first-order valence-corrected chi connectivity index (χ1v) is 8.24. The first-order valence-electron chi connectivity index (χ1n) is 8.24. The molecule has 1 aliphatic rings. The van der Waals surface area contributed by atoms with Gasteiger partial charge in [-0.25, -0.2) is 4.52 Å². The van der Waals surface area contributed by atoms with Crippen molar-refractivity contribution in [2.24, 2.45) is 0 Å². The Kier molecular flexibility index (Phi) is 4.01. The van der Waals surface area contributed by atoms with E-state index in [1.807, 2.05) is 59.4 Å². The third kappa shape index (κ3) is 2.90. The average Bonchev–Trinajstić information content (AvgIpc) is 3.29. The maximum absolute atomic E-state index is 12.2. The molecule has 1 aromatic carbocycles. The molecule has 1 atom stereocenters. The first kappa shape index (κ1) is 14.9. The van der Waals surface area contributed by atoms with E-state index < -0.39 is 0 Å². The molecule has 1 amide bonds. The normalized spacial score (nSPS) is 17.2. The molecule has 0 aliphatic carbocycles. The quantitative estimate of drug-likeness (QED) is 0.804. The van der Waals surface area contributed by atoms with Gasteiger partial charge in [-0.1, -0.05) is 18.2 Å². The molecule has 5 nitrogen and oxygen atoms in total. The molecule has 1 unspecified atom stereocenters. The van der Waals surface area contributed by atoms with Crippen LogP contribution in [0.5, 0.6) is 0 Å². The second-order valence-electron chi connectivity index (χ2n) is 6.01. The second kappa shape index (κ2) is 6.45. The van der Waals surface area contributed by atoms with Crippen molar-refractivity contribution in [3.63, 3.8) is 0 Å². The van der Waals surface area contributed by atoms with Gasteiger partial charge in [0.05, 0.1) is 17.8 Å². The largest absolute Gasteiger partial charge is 0.376 e. The summed E-state index contributed by atoms with van der Waals surface area (Å²) in [6.07, 6.45) is 6.03. The van der Waals surface area contributed by atoms with Gasteiger partial charge < -0.3 is 10.1 Å². The Morgan fingerprint density at radius 3 is 2.92 bits per heavy atom. The van der Waals surface area contributed by atoms with Crippen LogP contribution >= 0.6 is 0 Å². The lowest BCUT2D eigenvalue weighted by atomic mass is 10.0. The molecule has 0 spiro atoms. The fourth-order valence-corrected chi connectivity index (χ4v) is 3.07. The zero-order valence-electron chi connectivity index (χ0n) is 13.3. The topological polar surface area (TPSA) is 55.6 Å². The summed E-state index contributed by atoms with van der Waals surface area (Å²) in [5.74, 6) is -0.0584. The number of amides is 1. The maximum atomic E-state index is 12.2. The summed E-state index contributed by atoms with van der Waals surface area (Å²) in [5.41, 5.74) is 3.81. The molecule has 1 aliphatic heterocycles. The smallest absolute Gasteiger partial charge is 0.251 e. The molecule has 5 heteroatoms. The zero-order valence-corrected chi connectivity index (χ0v) is 13.3. The van der Waals surface area contributed by atoms with Gasteiger partial charge in [0.25, 0.3) is 5.91 Å². The van der Waals surface area contributed by atoms with Gasteiger partial charge in [-0.2, -0.15) is 5.10 Å². The van der Waals surface area contributed by atoms with Gasteiger partial charge in [0.1, 0.15) is 0 Å². The van der Waals surface area contributed by atoms with E-state index in [0.717, 1.165) is 36.1 Å². The molecule has 4 rings (SSSR count). The van der Waals surface area contributed by atoms with E-state index in [-0.39, 0.29) is 12.0 Å². The third-order valence-corrected chi connectivity index (χ3v) is 4.40. The maximum Gasteiger partial charge on any atom is 0.251 e. The van der Waals surface area contributed by atoms with E-state index in [0.29, 0.717) is 12.1 Å². The van der Waals surface area contributed by atoms with Crippen LogP contribution in [0.1, 0.15) is 23.2 Å². The highest BCUT2D eigenvalue weighted by Gasteiger charge is 2.16. The molecule has 0 saturated carbocycles. The standard InChI is InChI=1S/C19H19N3O2/c23-19(20-12-16-4-3-11-24-16)15-8-6-14(7-9-15)17-13-21-22-10-2-1-5-18(17)22/h1-2,5-10,13,16H,3-4,11-12H2,(H,20,23). The summed E-state index contributed by atoms with van der Waals surface area (Å²) >= 11 is 0. The Balaban J connectivity index is 1.49. The minimum atomic E-state index is -0.0584. The van der Waals surface area contributed by atoms with Crippen molar-refractivity contribution in [1.82, 2.24) is 14.9 Å².